The van der Waals surface area contributed by atoms with E-state index in [1.54, 1.807) is 36.4 Å². The Kier molecular flexibility index (Phi) is 8.79. The first-order valence-electron chi connectivity index (χ1n) is 10.1. The molecule has 0 aliphatic heterocycles. The lowest BCUT2D eigenvalue weighted by molar-refractivity contribution is 0.103. The average Bonchev–Trinajstić information content (AvgIpc) is 2.89. The second-order valence-corrected chi connectivity index (χ2v) is 7.21. The summed E-state index contributed by atoms with van der Waals surface area (Å²) in [5, 5.41) is 17.3. The molecule has 0 spiro atoms. The van der Waals surface area contributed by atoms with E-state index in [9.17, 15) is 14.7 Å². The van der Waals surface area contributed by atoms with Gasteiger partial charge in [0.1, 0.15) is 11.8 Å². The molecule has 0 fully saturated rings. The molecular weight excluding hydrogens is 456 g/mol. The molecule has 9 heteroatoms. The monoisotopic (exact) mass is 476 g/mol. The molecule has 3 aromatic rings. The molecule has 0 bridgehead atoms. The number of benzene rings is 3. The molecule has 3 aromatic carbocycles. The van der Waals surface area contributed by atoms with Crippen LogP contribution in [0.5, 0.6) is 0 Å². The van der Waals surface area contributed by atoms with Gasteiger partial charge in [0.15, 0.2) is 5.78 Å². The maximum Gasteiger partial charge on any atom is 0.459 e. The standard InChI is InChI=1S/C25H21ClN4O4/c26-16-22(30-34-25(33)28-14-15-29-27)24(32)21-12-8-18(9-13-21)17-6-10-20(11-7-17)23(31)19-4-2-1-3-5-19/h1-15,24,32H,16,27H2/b28-14?,29-15?,30-22-. The van der Waals surface area contributed by atoms with Crippen molar-refractivity contribution in [3.8, 4) is 11.1 Å². The van der Waals surface area contributed by atoms with Crippen molar-refractivity contribution in [2.45, 2.75) is 6.10 Å². The Bertz CT molecular complexity index is 1210. The number of aliphatic imine (C=N–C) groups is 1. The first-order valence-corrected chi connectivity index (χ1v) is 10.6. The highest BCUT2D eigenvalue weighted by Crippen LogP contribution is 2.24. The van der Waals surface area contributed by atoms with E-state index in [0.29, 0.717) is 16.7 Å². The number of carbonyl (C=O) groups is 2. The first-order chi connectivity index (χ1) is 16.5. The highest BCUT2D eigenvalue weighted by molar-refractivity contribution is 6.29. The lowest BCUT2D eigenvalue weighted by Gasteiger charge is -2.12. The summed E-state index contributed by atoms with van der Waals surface area (Å²) in [5.41, 5.74) is 3.57. The number of nitrogens with two attached hydrogens (primary N) is 1. The number of alkyl halides is 1. The van der Waals surface area contributed by atoms with E-state index in [1.807, 2.05) is 42.5 Å². The Morgan fingerprint density at radius 1 is 0.912 bits per heavy atom. The number of oxime groups is 1. The molecule has 1 unspecified atom stereocenters. The smallest absolute Gasteiger partial charge is 0.382 e. The molecule has 0 aliphatic carbocycles. The van der Waals surface area contributed by atoms with Crippen molar-refractivity contribution in [3.05, 3.63) is 95.6 Å². The van der Waals surface area contributed by atoms with Gasteiger partial charge in [0, 0.05) is 11.1 Å². The lowest BCUT2D eigenvalue weighted by atomic mass is 9.97. The third-order valence-corrected chi connectivity index (χ3v) is 5.04. The summed E-state index contributed by atoms with van der Waals surface area (Å²) < 4.78 is 0. The van der Waals surface area contributed by atoms with Gasteiger partial charge in [-0.05, 0) is 16.7 Å². The van der Waals surface area contributed by atoms with Crippen molar-refractivity contribution in [1.29, 1.82) is 0 Å². The van der Waals surface area contributed by atoms with Crippen LogP contribution in [0.2, 0.25) is 0 Å². The first kappa shape index (κ1) is 24.5. The fourth-order valence-corrected chi connectivity index (χ4v) is 3.22. The number of carbonyl (C=O) groups excluding carboxylic acids is 2. The highest BCUT2D eigenvalue weighted by Gasteiger charge is 2.16. The van der Waals surface area contributed by atoms with Crippen LogP contribution in [0.1, 0.15) is 27.6 Å². The van der Waals surface area contributed by atoms with Gasteiger partial charge in [-0.2, -0.15) is 10.1 Å². The minimum Gasteiger partial charge on any atom is -0.382 e. The summed E-state index contributed by atoms with van der Waals surface area (Å²) in [4.78, 5) is 32.0. The van der Waals surface area contributed by atoms with E-state index in [1.165, 1.54) is 0 Å². The number of halogens is 1. The molecule has 1 amide bonds. The molecule has 3 rings (SSSR count). The van der Waals surface area contributed by atoms with Crippen molar-refractivity contribution >= 4 is 41.6 Å². The highest BCUT2D eigenvalue weighted by atomic mass is 35.5. The zero-order valence-corrected chi connectivity index (χ0v) is 18.7. The molecule has 34 heavy (non-hydrogen) atoms. The van der Waals surface area contributed by atoms with Crippen molar-refractivity contribution < 1.29 is 19.5 Å². The Hall–Kier alpha value is -4.14. The van der Waals surface area contributed by atoms with Gasteiger partial charge in [-0.1, -0.05) is 84.0 Å². The molecule has 8 nitrogen and oxygen atoms in total. The van der Waals surface area contributed by atoms with Gasteiger partial charge in [0.25, 0.3) is 0 Å². The number of aliphatic hydroxyl groups is 1. The van der Waals surface area contributed by atoms with Crippen LogP contribution in [0.3, 0.4) is 0 Å². The summed E-state index contributed by atoms with van der Waals surface area (Å²) in [7, 11) is 0. The predicted molar refractivity (Wildman–Crippen MR) is 133 cm³/mol. The van der Waals surface area contributed by atoms with Crippen molar-refractivity contribution in [2.75, 3.05) is 5.88 Å². The van der Waals surface area contributed by atoms with Gasteiger partial charge in [0.05, 0.1) is 18.3 Å². The molecule has 172 valence electrons. The quantitative estimate of drug-likeness (QED) is 0.125. The molecule has 0 aromatic heterocycles. The fraction of sp³-hybridized carbons (Fsp3) is 0.0800. The van der Waals surface area contributed by atoms with Gasteiger partial charge in [0.2, 0.25) is 0 Å². The van der Waals surface area contributed by atoms with Gasteiger partial charge in [-0.25, -0.2) is 4.79 Å². The molecule has 3 N–H and O–H groups in total. The number of hydrazone groups is 1. The maximum absolute atomic E-state index is 12.6. The van der Waals surface area contributed by atoms with Crippen LogP contribution in [0.15, 0.2) is 94.1 Å². The Balaban J connectivity index is 1.69. The number of hydrogen-bond acceptors (Lipinski definition) is 7. The van der Waals surface area contributed by atoms with Crippen LogP contribution in [-0.4, -0.2) is 41.0 Å². The van der Waals surface area contributed by atoms with Crippen LogP contribution in [-0.2, 0) is 4.84 Å². The van der Waals surface area contributed by atoms with Crippen molar-refractivity contribution in [3.63, 3.8) is 0 Å². The third-order valence-electron chi connectivity index (χ3n) is 4.77. The minimum atomic E-state index is -1.18. The zero-order valence-electron chi connectivity index (χ0n) is 17.9. The fourth-order valence-electron chi connectivity index (χ4n) is 3.02. The van der Waals surface area contributed by atoms with Gasteiger partial charge >= 0.3 is 6.09 Å². The molecule has 0 saturated carbocycles. The Morgan fingerprint density at radius 2 is 1.50 bits per heavy atom. The number of hydrogen-bond donors (Lipinski definition) is 2. The lowest BCUT2D eigenvalue weighted by Crippen LogP contribution is -2.15. The van der Waals surface area contributed by atoms with E-state index >= 15 is 0 Å². The summed E-state index contributed by atoms with van der Waals surface area (Å²) in [6.45, 7) is 0. The topological polar surface area (TPSA) is 127 Å². The number of amides is 1. The number of nitrogens with zero attached hydrogens (tertiary/aromatic N) is 3. The van der Waals surface area contributed by atoms with E-state index in [-0.39, 0.29) is 17.4 Å². The Labute approximate surface area is 201 Å². The number of rotatable bonds is 8. The van der Waals surface area contributed by atoms with Gasteiger partial charge in [-0.3, -0.25) is 9.63 Å². The van der Waals surface area contributed by atoms with Crippen LogP contribution < -0.4 is 5.84 Å². The predicted octanol–water partition coefficient (Wildman–Crippen LogP) is 4.36. The molecule has 0 heterocycles. The molecule has 1 atom stereocenters. The van der Waals surface area contributed by atoms with Crippen molar-refractivity contribution in [1.82, 2.24) is 0 Å². The van der Waals surface area contributed by atoms with Crippen LogP contribution in [0.4, 0.5) is 4.79 Å². The molecular formula is C25H21ClN4O4. The normalized spacial score (nSPS) is 12.7. The summed E-state index contributed by atoms with van der Waals surface area (Å²) in [6, 6.07) is 23.4. The van der Waals surface area contributed by atoms with Gasteiger partial charge < -0.3 is 10.9 Å². The summed E-state index contributed by atoms with van der Waals surface area (Å²) in [6.07, 6.45) is -0.0604. The summed E-state index contributed by atoms with van der Waals surface area (Å²) >= 11 is 5.85. The largest absolute Gasteiger partial charge is 0.459 e. The molecule has 0 radical (unpaired) electrons. The van der Waals surface area contributed by atoms with E-state index < -0.39 is 12.2 Å². The summed E-state index contributed by atoms with van der Waals surface area (Å²) in [5.74, 6) is 4.68. The number of ketones is 1. The van der Waals surface area contributed by atoms with E-state index in [0.717, 1.165) is 23.6 Å². The second-order valence-electron chi connectivity index (χ2n) is 6.95. The Morgan fingerprint density at radius 3 is 2.09 bits per heavy atom. The third kappa shape index (κ3) is 6.44. The minimum absolute atomic E-state index is 0.0363. The SMILES string of the molecule is NN=CC=NC(=O)O/N=C(/CCl)C(O)c1ccc(-c2ccc(C(=O)c3ccccc3)cc2)cc1. The zero-order chi connectivity index (χ0) is 24.3. The van der Waals surface area contributed by atoms with Crippen LogP contribution >= 0.6 is 11.6 Å². The second kappa shape index (κ2) is 12.2. The molecule has 0 aliphatic rings. The van der Waals surface area contributed by atoms with E-state index in [4.69, 9.17) is 17.4 Å². The van der Waals surface area contributed by atoms with Crippen LogP contribution in [0.25, 0.3) is 11.1 Å². The van der Waals surface area contributed by atoms with Gasteiger partial charge in [-0.15, -0.1) is 11.6 Å². The van der Waals surface area contributed by atoms with Crippen LogP contribution in [0, 0.1) is 0 Å². The number of aliphatic hydroxyl groups excluding tert-OH is 1. The maximum atomic E-state index is 12.6. The van der Waals surface area contributed by atoms with Crippen molar-refractivity contribution in [2.24, 2.45) is 21.1 Å². The molecule has 0 saturated heterocycles. The van der Waals surface area contributed by atoms with E-state index in [2.05, 4.69) is 20.1 Å². The average molecular weight is 477 g/mol.